The third kappa shape index (κ3) is 3.15. The largest absolute Gasteiger partial charge is 0.397 e. The predicted octanol–water partition coefficient (Wildman–Crippen LogP) is 2.55. The Bertz CT molecular complexity index is 637. The van der Waals surface area contributed by atoms with Crippen LogP contribution in [-0.2, 0) is 6.54 Å². The molecular weight excluding hydrogens is 250 g/mol. The summed E-state index contributed by atoms with van der Waals surface area (Å²) < 4.78 is 0. The lowest BCUT2D eigenvalue weighted by Crippen LogP contribution is -2.27. The van der Waals surface area contributed by atoms with Crippen molar-refractivity contribution in [3.05, 3.63) is 58.9 Å². The zero-order chi connectivity index (χ0) is 14.7. The molecule has 2 aromatic rings. The van der Waals surface area contributed by atoms with Gasteiger partial charge in [0.1, 0.15) is 0 Å². The Kier molecular flexibility index (Phi) is 4.03. The summed E-state index contributed by atoms with van der Waals surface area (Å²) in [6, 6.07) is 9.81. The monoisotopic (exact) mass is 269 g/mol. The fourth-order valence-electron chi connectivity index (χ4n) is 2.13. The SMILES string of the molecule is Cc1cccc(CN(C)C(=O)c2cc(N)cnc2C)c1. The molecule has 0 radical (unpaired) electrons. The first kappa shape index (κ1) is 14.1. The number of carbonyl (C=O) groups excluding carboxylic acids is 1. The van der Waals surface area contributed by atoms with Gasteiger partial charge in [0, 0.05) is 13.6 Å². The zero-order valence-corrected chi connectivity index (χ0v) is 12.1. The first-order valence-corrected chi connectivity index (χ1v) is 6.50. The van der Waals surface area contributed by atoms with Gasteiger partial charge >= 0.3 is 0 Å². The molecule has 0 aliphatic rings. The Morgan fingerprint density at radius 1 is 1.30 bits per heavy atom. The number of aromatic nitrogens is 1. The average Bonchev–Trinajstić information content (AvgIpc) is 2.40. The number of carbonyl (C=O) groups is 1. The van der Waals surface area contributed by atoms with Crippen molar-refractivity contribution < 1.29 is 4.79 Å². The van der Waals surface area contributed by atoms with E-state index in [1.165, 1.54) is 5.56 Å². The van der Waals surface area contributed by atoms with Crippen molar-refractivity contribution in [1.82, 2.24) is 9.88 Å². The molecule has 20 heavy (non-hydrogen) atoms. The molecule has 104 valence electrons. The van der Waals surface area contributed by atoms with Crippen LogP contribution in [0.5, 0.6) is 0 Å². The molecular formula is C16H19N3O. The van der Waals surface area contributed by atoms with Crippen LogP contribution in [-0.4, -0.2) is 22.8 Å². The summed E-state index contributed by atoms with van der Waals surface area (Å²) in [5.74, 6) is -0.0659. The van der Waals surface area contributed by atoms with Crippen molar-refractivity contribution >= 4 is 11.6 Å². The number of pyridine rings is 1. The van der Waals surface area contributed by atoms with E-state index in [4.69, 9.17) is 5.73 Å². The molecule has 0 saturated heterocycles. The second kappa shape index (κ2) is 5.74. The highest BCUT2D eigenvalue weighted by Gasteiger charge is 2.15. The highest BCUT2D eigenvalue weighted by atomic mass is 16.2. The minimum Gasteiger partial charge on any atom is -0.397 e. The lowest BCUT2D eigenvalue weighted by atomic mass is 10.1. The van der Waals surface area contributed by atoms with Crippen LogP contribution in [0.2, 0.25) is 0 Å². The molecule has 0 aliphatic heterocycles. The summed E-state index contributed by atoms with van der Waals surface area (Å²) in [6.07, 6.45) is 1.56. The highest BCUT2D eigenvalue weighted by Crippen LogP contribution is 2.14. The maximum Gasteiger partial charge on any atom is 0.255 e. The normalized spacial score (nSPS) is 10.3. The van der Waals surface area contributed by atoms with Gasteiger partial charge in [-0.15, -0.1) is 0 Å². The van der Waals surface area contributed by atoms with E-state index in [0.29, 0.717) is 23.5 Å². The molecule has 4 nitrogen and oxygen atoms in total. The first-order chi connectivity index (χ1) is 9.47. The van der Waals surface area contributed by atoms with Gasteiger partial charge in [-0.1, -0.05) is 29.8 Å². The van der Waals surface area contributed by atoms with Gasteiger partial charge in [-0.3, -0.25) is 9.78 Å². The molecule has 0 spiro atoms. The van der Waals surface area contributed by atoms with E-state index >= 15 is 0 Å². The van der Waals surface area contributed by atoms with E-state index in [0.717, 1.165) is 5.56 Å². The molecule has 0 fully saturated rings. The van der Waals surface area contributed by atoms with Crippen LogP contribution >= 0.6 is 0 Å². The Labute approximate surface area is 119 Å². The molecule has 0 atom stereocenters. The number of anilines is 1. The summed E-state index contributed by atoms with van der Waals surface area (Å²) >= 11 is 0. The van der Waals surface area contributed by atoms with E-state index in [1.807, 2.05) is 32.0 Å². The van der Waals surface area contributed by atoms with Crippen LogP contribution in [0.15, 0.2) is 36.5 Å². The Balaban J connectivity index is 2.18. The van der Waals surface area contributed by atoms with Gasteiger partial charge in [0.15, 0.2) is 0 Å². The van der Waals surface area contributed by atoms with Gasteiger partial charge in [-0.2, -0.15) is 0 Å². The highest BCUT2D eigenvalue weighted by molar-refractivity contribution is 5.95. The maximum absolute atomic E-state index is 12.4. The van der Waals surface area contributed by atoms with Crippen molar-refractivity contribution in [3.8, 4) is 0 Å². The van der Waals surface area contributed by atoms with Crippen molar-refractivity contribution in [2.75, 3.05) is 12.8 Å². The number of nitrogens with two attached hydrogens (primary N) is 1. The van der Waals surface area contributed by atoms with Crippen molar-refractivity contribution in [3.63, 3.8) is 0 Å². The van der Waals surface area contributed by atoms with Crippen molar-refractivity contribution in [2.45, 2.75) is 20.4 Å². The zero-order valence-electron chi connectivity index (χ0n) is 12.1. The molecule has 1 aromatic heterocycles. The number of aryl methyl sites for hydroxylation is 2. The van der Waals surface area contributed by atoms with E-state index in [9.17, 15) is 4.79 Å². The quantitative estimate of drug-likeness (QED) is 0.931. The molecule has 0 bridgehead atoms. The van der Waals surface area contributed by atoms with E-state index in [1.54, 1.807) is 24.2 Å². The lowest BCUT2D eigenvalue weighted by Gasteiger charge is -2.18. The molecule has 2 N–H and O–H groups in total. The second-order valence-electron chi connectivity index (χ2n) is 5.05. The van der Waals surface area contributed by atoms with E-state index in [-0.39, 0.29) is 5.91 Å². The molecule has 1 heterocycles. The van der Waals surface area contributed by atoms with Crippen molar-refractivity contribution in [2.24, 2.45) is 0 Å². The smallest absolute Gasteiger partial charge is 0.255 e. The van der Waals surface area contributed by atoms with Crippen LogP contribution < -0.4 is 5.73 Å². The van der Waals surface area contributed by atoms with Gasteiger partial charge in [-0.05, 0) is 25.5 Å². The van der Waals surface area contributed by atoms with Gasteiger partial charge in [0.25, 0.3) is 5.91 Å². The van der Waals surface area contributed by atoms with Gasteiger partial charge in [0.05, 0.1) is 23.1 Å². The second-order valence-corrected chi connectivity index (χ2v) is 5.05. The van der Waals surface area contributed by atoms with E-state index < -0.39 is 0 Å². The number of nitrogens with zero attached hydrogens (tertiary/aromatic N) is 2. The molecule has 0 unspecified atom stereocenters. The Morgan fingerprint density at radius 3 is 2.75 bits per heavy atom. The standard InChI is InChI=1S/C16H19N3O/c1-11-5-4-6-13(7-11)10-19(3)16(20)15-8-14(17)9-18-12(15)2/h4-9H,10,17H2,1-3H3. The van der Waals surface area contributed by atoms with Gasteiger partial charge < -0.3 is 10.6 Å². The molecule has 0 saturated carbocycles. The number of rotatable bonds is 3. The minimum absolute atomic E-state index is 0.0659. The van der Waals surface area contributed by atoms with Crippen LogP contribution in [0.1, 0.15) is 27.2 Å². The summed E-state index contributed by atoms with van der Waals surface area (Å²) in [4.78, 5) is 18.2. The van der Waals surface area contributed by atoms with Crippen molar-refractivity contribution in [1.29, 1.82) is 0 Å². The minimum atomic E-state index is -0.0659. The average molecular weight is 269 g/mol. The summed E-state index contributed by atoms with van der Waals surface area (Å²) in [5.41, 5.74) is 9.75. The molecule has 0 aliphatic carbocycles. The third-order valence-corrected chi connectivity index (χ3v) is 3.19. The fraction of sp³-hybridized carbons (Fsp3) is 0.250. The van der Waals surface area contributed by atoms with Crippen LogP contribution in [0.25, 0.3) is 0 Å². The Hall–Kier alpha value is -2.36. The summed E-state index contributed by atoms with van der Waals surface area (Å²) in [5, 5.41) is 0. The number of hydrogen-bond acceptors (Lipinski definition) is 3. The van der Waals surface area contributed by atoms with E-state index in [2.05, 4.69) is 11.1 Å². The maximum atomic E-state index is 12.4. The third-order valence-electron chi connectivity index (χ3n) is 3.19. The Morgan fingerprint density at radius 2 is 2.05 bits per heavy atom. The van der Waals surface area contributed by atoms with Crippen LogP contribution in [0.3, 0.4) is 0 Å². The number of hydrogen-bond donors (Lipinski definition) is 1. The number of nitrogen functional groups attached to an aromatic ring is 1. The molecule has 4 heteroatoms. The first-order valence-electron chi connectivity index (χ1n) is 6.50. The molecule has 2 rings (SSSR count). The number of amides is 1. The summed E-state index contributed by atoms with van der Waals surface area (Å²) in [6.45, 7) is 4.42. The topological polar surface area (TPSA) is 59.2 Å². The van der Waals surface area contributed by atoms with Gasteiger partial charge in [0.2, 0.25) is 0 Å². The lowest BCUT2D eigenvalue weighted by molar-refractivity contribution is 0.0784. The molecule has 1 aromatic carbocycles. The van der Waals surface area contributed by atoms with Gasteiger partial charge in [-0.25, -0.2) is 0 Å². The molecule has 1 amide bonds. The fourth-order valence-corrected chi connectivity index (χ4v) is 2.13. The van der Waals surface area contributed by atoms with Crippen LogP contribution in [0, 0.1) is 13.8 Å². The van der Waals surface area contributed by atoms with Crippen LogP contribution in [0.4, 0.5) is 5.69 Å². The number of benzene rings is 1. The summed E-state index contributed by atoms with van der Waals surface area (Å²) in [7, 11) is 1.79. The predicted molar refractivity (Wildman–Crippen MR) is 80.4 cm³/mol.